The van der Waals surface area contributed by atoms with Crippen LogP contribution in [0.15, 0.2) is 36.5 Å². The standard InChI is InChI=1S/C20H23ClN6S/c1-2-8-23-20-24-12-18(28-20)17-10-16(14-5-3-4-6-15(14)21)26-19(27-17)25-13-7-9-22-11-13/h3-6,10,12-13,22H,2,7-9,11H2,1H3,(H,23,24)(H,25,26,27)/t13-/m0/s1. The average molecular weight is 415 g/mol. The van der Waals surface area contributed by atoms with Gasteiger partial charge >= 0.3 is 0 Å². The second-order valence-electron chi connectivity index (χ2n) is 6.73. The predicted octanol–water partition coefficient (Wildman–Crippen LogP) is 4.52. The SMILES string of the molecule is CCCNc1ncc(-c2cc(-c3ccccc3Cl)nc(N[C@H]3CCNC3)n2)s1. The number of aromatic nitrogens is 3. The minimum atomic E-state index is 0.331. The maximum atomic E-state index is 6.43. The van der Waals surface area contributed by atoms with E-state index in [-0.39, 0.29) is 0 Å². The molecule has 1 aliphatic rings. The number of anilines is 2. The van der Waals surface area contributed by atoms with Crippen LogP contribution < -0.4 is 16.0 Å². The lowest BCUT2D eigenvalue weighted by Gasteiger charge is -2.14. The number of hydrogen-bond donors (Lipinski definition) is 3. The van der Waals surface area contributed by atoms with Crippen molar-refractivity contribution in [3.05, 3.63) is 41.6 Å². The van der Waals surface area contributed by atoms with E-state index in [2.05, 4.69) is 27.9 Å². The molecule has 146 valence electrons. The van der Waals surface area contributed by atoms with Crippen molar-refractivity contribution in [2.75, 3.05) is 30.3 Å². The van der Waals surface area contributed by atoms with Gasteiger partial charge < -0.3 is 16.0 Å². The lowest BCUT2D eigenvalue weighted by molar-refractivity contribution is 0.781. The molecule has 28 heavy (non-hydrogen) atoms. The number of rotatable bonds is 7. The van der Waals surface area contributed by atoms with E-state index in [9.17, 15) is 0 Å². The van der Waals surface area contributed by atoms with Crippen LogP contribution in [-0.4, -0.2) is 40.6 Å². The maximum absolute atomic E-state index is 6.43. The molecule has 4 rings (SSSR count). The van der Waals surface area contributed by atoms with Crippen LogP contribution in [0.25, 0.3) is 21.8 Å². The second kappa shape index (κ2) is 8.86. The number of hydrogen-bond acceptors (Lipinski definition) is 7. The van der Waals surface area contributed by atoms with E-state index in [1.807, 2.05) is 36.5 Å². The van der Waals surface area contributed by atoms with E-state index >= 15 is 0 Å². The molecule has 3 heterocycles. The molecule has 0 saturated carbocycles. The van der Waals surface area contributed by atoms with Crippen molar-refractivity contribution < 1.29 is 0 Å². The first kappa shape index (κ1) is 19.1. The molecular formula is C20H23ClN6S. The van der Waals surface area contributed by atoms with Gasteiger partial charge in [-0.25, -0.2) is 15.0 Å². The van der Waals surface area contributed by atoms with Crippen molar-refractivity contribution in [1.29, 1.82) is 0 Å². The second-order valence-corrected chi connectivity index (χ2v) is 8.17. The van der Waals surface area contributed by atoms with Gasteiger partial charge in [0, 0.05) is 35.9 Å². The van der Waals surface area contributed by atoms with E-state index in [0.717, 1.165) is 59.4 Å². The van der Waals surface area contributed by atoms with Gasteiger partial charge in [0.05, 0.1) is 16.3 Å². The molecule has 1 atom stereocenters. The van der Waals surface area contributed by atoms with E-state index in [4.69, 9.17) is 21.6 Å². The summed E-state index contributed by atoms with van der Waals surface area (Å²) in [6, 6.07) is 10.1. The highest BCUT2D eigenvalue weighted by molar-refractivity contribution is 7.18. The van der Waals surface area contributed by atoms with E-state index in [1.54, 1.807) is 11.3 Å². The number of benzene rings is 1. The molecule has 6 nitrogen and oxygen atoms in total. The first-order valence-electron chi connectivity index (χ1n) is 9.54. The predicted molar refractivity (Wildman–Crippen MR) is 117 cm³/mol. The number of nitrogens with one attached hydrogen (secondary N) is 3. The van der Waals surface area contributed by atoms with Gasteiger partial charge in [0.2, 0.25) is 5.95 Å². The number of halogens is 1. The lowest BCUT2D eigenvalue weighted by Crippen LogP contribution is -2.23. The van der Waals surface area contributed by atoms with Crippen molar-refractivity contribution in [1.82, 2.24) is 20.3 Å². The molecule has 1 aromatic carbocycles. The van der Waals surface area contributed by atoms with Crippen LogP contribution in [0.1, 0.15) is 19.8 Å². The highest BCUT2D eigenvalue weighted by Crippen LogP contribution is 2.33. The largest absolute Gasteiger partial charge is 0.362 e. The third kappa shape index (κ3) is 4.43. The van der Waals surface area contributed by atoms with Crippen LogP contribution in [0.3, 0.4) is 0 Å². The molecule has 8 heteroatoms. The molecule has 1 saturated heterocycles. The Labute approximate surface area is 173 Å². The van der Waals surface area contributed by atoms with Gasteiger partial charge in [-0.15, -0.1) is 0 Å². The summed E-state index contributed by atoms with van der Waals surface area (Å²) >= 11 is 8.03. The Kier molecular flexibility index (Phi) is 6.04. The van der Waals surface area contributed by atoms with Crippen molar-refractivity contribution in [2.24, 2.45) is 0 Å². The summed E-state index contributed by atoms with van der Waals surface area (Å²) in [5, 5.41) is 11.7. The van der Waals surface area contributed by atoms with Crippen molar-refractivity contribution in [3.8, 4) is 21.8 Å². The van der Waals surface area contributed by atoms with Crippen LogP contribution in [0.5, 0.6) is 0 Å². The van der Waals surface area contributed by atoms with Gasteiger partial charge in [0.25, 0.3) is 0 Å². The van der Waals surface area contributed by atoms with Gasteiger partial charge in [0.15, 0.2) is 5.13 Å². The fourth-order valence-electron chi connectivity index (χ4n) is 3.11. The lowest BCUT2D eigenvalue weighted by atomic mass is 10.1. The fourth-order valence-corrected chi connectivity index (χ4v) is 4.15. The van der Waals surface area contributed by atoms with Crippen LogP contribution in [-0.2, 0) is 0 Å². The quantitative estimate of drug-likeness (QED) is 0.528. The zero-order valence-electron chi connectivity index (χ0n) is 15.7. The molecule has 0 aliphatic carbocycles. The van der Waals surface area contributed by atoms with Crippen LogP contribution >= 0.6 is 22.9 Å². The molecule has 3 aromatic rings. The summed E-state index contributed by atoms with van der Waals surface area (Å²) in [4.78, 5) is 15.0. The molecule has 3 N–H and O–H groups in total. The monoisotopic (exact) mass is 414 g/mol. The molecule has 0 unspecified atom stereocenters. The van der Waals surface area contributed by atoms with Gasteiger partial charge in [-0.05, 0) is 31.5 Å². The first-order valence-corrected chi connectivity index (χ1v) is 10.7. The number of thiazole rings is 1. The average Bonchev–Trinajstić information content (AvgIpc) is 3.38. The Balaban J connectivity index is 1.71. The van der Waals surface area contributed by atoms with Gasteiger partial charge in [0.1, 0.15) is 0 Å². The molecule has 1 fully saturated rings. The van der Waals surface area contributed by atoms with E-state index < -0.39 is 0 Å². The molecule has 0 spiro atoms. The zero-order valence-corrected chi connectivity index (χ0v) is 17.3. The number of nitrogens with zero attached hydrogens (tertiary/aromatic N) is 3. The van der Waals surface area contributed by atoms with Crippen molar-refractivity contribution >= 4 is 34.0 Å². The third-order valence-electron chi connectivity index (χ3n) is 4.55. The summed E-state index contributed by atoms with van der Waals surface area (Å²) < 4.78 is 0. The normalized spacial score (nSPS) is 16.3. The summed E-state index contributed by atoms with van der Waals surface area (Å²) in [6.07, 6.45) is 3.98. The molecule has 0 bridgehead atoms. The van der Waals surface area contributed by atoms with Gasteiger partial charge in [-0.2, -0.15) is 0 Å². The summed E-state index contributed by atoms with van der Waals surface area (Å²) in [5.74, 6) is 0.623. The molecule has 0 radical (unpaired) electrons. The maximum Gasteiger partial charge on any atom is 0.224 e. The smallest absolute Gasteiger partial charge is 0.224 e. The van der Waals surface area contributed by atoms with Crippen molar-refractivity contribution in [2.45, 2.75) is 25.8 Å². The summed E-state index contributed by atoms with van der Waals surface area (Å²) in [7, 11) is 0. The zero-order chi connectivity index (χ0) is 19.3. The minimum absolute atomic E-state index is 0.331. The molecule has 1 aliphatic heterocycles. The van der Waals surface area contributed by atoms with Gasteiger partial charge in [-0.3, -0.25) is 0 Å². The summed E-state index contributed by atoms with van der Waals surface area (Å²) in [5.41, 5.74) is 2.55. The molecule has 0 amide bonds. The Bertz CT molecular complexity index is 938. The fraction of sp³-hybridized carbons (Fsp3) is 0.350. The first-order chi connectivity index (χ1) is 13.7. The Morgan fingerprint density at radius 1 is 1.25 bits per heavy atom. The highest BCUT2D eigenvalue weighted by Gasteiger charge is 2.18. The van der Waals surface area contributed by atoms with Crippen molar-refractivity contribution in [3.63, 3.8) is 0 Å². The summed E-state index contributed by atoms with van der Waals surface area (Å²) in [6.45, 7) is 4.97. The highest BCUT2D eigenvalue weighted by atomic mass is 35.5. The minimum Gasteiger partial charge on any atom is -0.362 e. The van der Waals surface area contributed by atoms with E-state index in [1.165, 1.54) is 0 Å². The van der Waals surface area contributed by atoms with Crippen LogP contribution in [0, 0.1) is 0 Å². The topological polar surface area (TPSA) is 74.8 Å². The Morgan fingerprint density at radius 2 is 2.11 bits per heavy atom. The van der Waals surface area contributed by atoms with E-state index in [0.29, 0.717) is 17.0 Å². The molecular weight excluding hydrogens is 392 g/mol. The molecule has 2 aromatic heterocycles. The Hall–Kier alpha value is -2.22. The van der Waals surface area contributed by atoms with Gasteiger partial charge in [-0.1, -0.05) is 48.1 Å². The third-order valence-corrected chi connectivity index (χ3v) is 5.86. The Morgan fingerprint density at radius 3 is 2.89 bits per heavy atom. The van der Waals surface area contributed by atoms with Crippen LogP contribution in [0.2, 0.25) is 5.02 Å². The van der Waals surface area contributed by atoms with Crippen LogP contribution in [0.4, 0.5) is 11.1 Å².